The van der Waals surface area contributed by atoms with E-state index in [-0.39, 0.29) is 17.5 Å². The number of benzene rings is 1. The van der Waals surface area contributed by atoms with E-state index in [0.717, 1.165) is 38.3 Å². The van der Waals surface area contributed by atoms with Crippen molar-refractivity contribution in [2.24, 2.45) is 0 Å². The number of hydrogen-bond acceptors (Lipinski definition) is 3. The standard InChI is InChI=1S/C17H24F2N2O2/c1-12(22)20-9-8-13-5-3-4-10-21(13)11-14-16(23-2)7-6-15(18)17(14)19/h6-7,13H,3-5,8-11H2,1-2H3,(H,20,22). The van der Waals surface area contributed by atoms with Crippen molar-refractivity contribution in [1.82, 2.24) is 10.2 Å². The first kappa shape index (κ1) is 17.7. The molecular formula is C17H24F2N2O2. The molecule has 1 aliphatic heterocycles. The molecule has 1 fully saturated rings. The van der Waals surface area contributed by atoms with Gasteiger partial charge in [0.2, 0.25) is 5.91 Å². The van der Waals surface area contributed by atoms with E-state index in [1.54, 1.807) is 0 Å². The highest BCUT2D eigenvalue weighted by Gasteiger charge is 2.25. The van der Waals surface area contributed by atoms with Crippen molar-refractivity contribution in [3.05, 3.63) is 29.3 Å². The van der Waals surface area contributed by atoms with E-state index in [4.69, 9.17) is 4.74 Å². The smallest absolute Gasteiger partial charge is 0.216 e. The van der Waals surface area contributed by atoms with Crippen molar-refractivity contribution >= 4 is 5.91 Å². The lowest BCUT2D eigenvalue weighted by Crippen LogP contribution is -2.41. The van der Waals surface area contributed by atoms with Crippen LogP contribution >= 0.6 is 0 Å². The molecule has 6 heteroatoms. The Morgan fingerprint density at radius 3 is 2.87 bits per heavy atom. The van der Waals surface area contributed by atoms with Crippen molar-refractivity contribution in [2.45, 2.75) is 45.2 Å². The molecule has 0 saturated carbocycles. The van der Waals surface area contributed by atoms with Gasteiger partial charge >= 0.3 is 0 Å². The lowest BCUT2D eigenvalue weighted by atomic mass is 9.98. The SMILES string of the molecule is COc1ccc(F)c(F)c1CN1CCCCC1CCNC(C)=O. The lowest BCUT2D eigenvalue weighted by molar-refractivity contribution is -0.119. The number of amides is 1. The maximum atomic E-state index is 14.2. The van der Waals surface area contributed by atoms with Crippen LogP contribution in [0.2, 0.25) is 0 Å². The molecule has 4 nitrogen and oxygen atoms in total. The number of halogens is 2. The topological polar surface area (TPSA) is 41.6 Å². The van der Waals surface area contributed by atoms with Crippen LogP contribution in [0.15, 0.2) is 12.1 Å². The van der Waals surface area contributed by atoms with Gasteiger partial charge in [0.25, 0.3) is 0 Å². The zero-order chi connectivity index (χ0) is 16.8. The molecule has 2 rings (SSSR count). The van der Waals surface area contributed by atoms with Gasteiger partial charge < -0.3 is 10.1 Å². The Bertz CT molecular complexity index is 552. The number of piperidine rings is 1. The normalized spacial score (nSPS) is 18.7. The fourth-order valence-electron chi connectivity index (χ4n) is 3.13. The number of nitrogens with zero attached hydrogens (tertiary/aromatic N) is 1. The van der Waals surface area contributed by atoms with Gasteiger partial charge in [0.05, 0.1) is 7.11 Å². The predicted octanol–water partition coefficient (Wildman–Crippen LogP) is 2.85. The molecule has 1 N–H and O–H groups in total. The molecule has 1 amide bonds. The molecule has 1 saturated heterocycles. The van der Waals surface area contributed by atoms with E-state index in [1.807, 2.05) is 0 Å². The monoisotopic (exact) mass is 326 g/mol. The second kappa shape index (κ2) is 8.24. The van der Waals surface area contributed by atoms with Gasteiger partial charge in [-0.1, -0.05) is 6.42 Å². The summed E-state index contributed by atoms with van der Waals surface area (Å²) in [5.74, 6) is -1.37. The van der Waals surface area contributed by atoms with Crippen LogP contribution in [0.25, 0.3) is 0 Å². The summed E-state index contributed by atoms with van der Waals surface area (Å²) in [6.45, 7) is 3.24. The number of rotatable bonds is 6. The van der Waals surface area contributed by atoms with Gasteiger partial charge in [0.15, 0.2) is 11.6 Å². The Hall–Kier alpha value is -1.69. The number of likely N-dealkylation sites (tertiary alicyclic amines) is 1. The fourth-order valence-corrected chi connectivity index (χ4v) is 3.13. The van der Waals surface area contributed by atoms with Gasteiger partial charge in [0, 0.05) is 31.6 Å². The molecule has 1 aromatic rings. The highest BCUT2D eigenvalue weighted by Crippen LogP contribution is 2.28. The number of hydrogen-bond donors (Lipinski definition) is 1. The van der Waals surface area contributed by atoms with Crippen molar-refractivity contribution in [2.75, 3.05) is 20.2 Å². The Kier molecular flexibility index (Phi) is 6.33. The summed E-state index contributed by atoms with van der Waals surface area (Å²) in [4.78, 5) is 13.1. The number of carbonyl (C=O) groups is 1. The number of carbonyl (C=O) groups excluding carboxylic acids is 1. The Morgan fingerprint density at radius 2 is 2.17 bits per heavy atom. The molecule has 1 aliphatic rings. The second-order valence-electron chi connectivity index (χ2n) is 5.93. The summed E-state index contributed by atoms with van der Waals surface area (Å²) in [7, 11) is 1.46. The highest BCUT2D eigenvalue weighted by atomic mass is 19.2. The first-order chi connectivity index (χ1) is 11.0. The highest BCUT2D eigenvalue weighted by molar-refractivity contribution is 5.72. The third kappa shape index (κ3) is 4.64. The molecule has 128 valence electrons. The number of nitrogens with one attached hydrogen (secondary N) is 1. The van der Waals surface area contributed by atoms with Crippen molar-refractivity contribution in [1.29, 1.82) is 0 Å². The molecule has 0 radical (unpaired) electrons. The summed E-state index contributed by atoms with van der Waals surface area (Å²) >= 11 is 0. The fraction of sp³-hybridized carbons (Fsp3) is 0.588. The molecular weight excluding hydrogens is 302 g/mol. The van der Waals surface area contributed by atoms with Crippen LogP contribution in [0.5, 0.6) is 5.75 Å². The summed E-state index contributed by atoms with van der Waals surface area (Å²) in [5, 5.41) is 2.80. The Labute approximate surface area is 135 Å². The van der Waals surface area contributed by atoms with Crippen LogP contribution in [0, 0.1) is 11.6 Å². The van der Waals surface area contributed by atoms with E-state index in [1.165, 1.54) is 20.1 Å². The minimum atomic E-state index is -0.854. The maximum absolute atomic E-state index is 14.2. The zero-order valence-corrected chi connectivity index (χ0v) is 13.7. The van der Waals surface area contributed by atoms with Gasteiger partial charge in [0.1, 0.15) is 5.75 Å². The van der Waals surface area contributed by atoms with Gasteiger partial charge in [-0.3, -0.25) is 9.69 Å². The summed E-state index contributed by atoms with van der Waals surface area (Å²) in [5.41, 5.74) is 0.263. The van der Waals surface area contributed by atoms with Gasteiger partial charge in [-0.15, -0.1) is 0 Å². The molecule has 1 aromatic carbocycles. The van der Waals surface area contributed by atoms with Crippen molar-refractivity contribution in [3.8, 4) is 5.75 Å². The summed E-state index contributed by atoms with van der Waals surface area (Å²) in [6, 6.07) is 2.80. The van der Waals surface area contributed by atoms with Gasteiger partial charge in [-0.2, -0.15) is 0 Å². The largest absolute Gasteiger partial charge is 0.496 e. The zero-order valence-electron chi connectivity index (χ0n) is 13.7. The second-order valence-corrected chi connectivity index (χ2v) is 5.93. The van der Waals surface area contributed by atoms with E-state index in [2.05, 4.69) is 10.2 Å². The molecule has 0 aliphatic carbocycles. The number of methoxy groups -OCH3 is 1. The first-order valence-corrected chi connectivity index (χ1v) is 8.02. The summed E-state index contributed by atoms with van der Waals surface area (Å²) < 4.78 is 32.9. The maximum Gasteiger partial charge on any atom is 0.216 e. The third-order valence-electron chi connectivity index (χ3n) is 4.33. The molecule has 1 unspecified atom stereocenters. The van der Waals surface area contributed by atoms with Gasteiger partial charge in [-0.25, -0.2) is 8.78 Å². The first-order valence-electron chi connectivity index (χ1n) is 8.02. The van der Waals surface area contributed by atoms with Crippen LogP contribution in [-0.2, 0) is 11.3 Å². The van der Waals surface area contributed by atoms with E-state index >= 15 is 0 Å². The number of ether oxygens (including phenoxy) is 1. The average Bonchev–Trinajstić information content (AvgIpc) is 2.53. The van der Waals surface area contributed by atoms with E-state index < -0.39 is 11.6 Å². The van der Waals surface area contributed by atoms with Crippen LogP contribution in [0.1, 0.15) is 38.2 Å². The predicted molar refractivity (Wildman–Crippen MR) is 84.3 cm³/mol. The van der Waals surface area contributed by atoms with E-state index in [9.17, 15) is 13.6 Å². The Morgan fingerprint density at radius 1 is 1.39 bits per heavy atom. The molecule has 1 heterocycles. The van der Waals surface area contributed by atoms with Crippen LogP contribution in [-0.4, -0.2) is 37.0 Å². The van der Waals surface area contributed by atoms with Crippen LogP contribution < -0.4 is 10.1 Å². The molecule has 0 aromatic heterocycles. The van der Waals surface area contributed by atoms with Crippen molar-refractivity contribution in [3.63, 3.8) is 0 Å². The molecule has 0 bridgehead atoms. The lowest BCUT2D eigenvalue weighted by Gasteiger charge is -2.36. The quantitative estimate of drug-likeness (QED) is 0.874. The average molecular weight is 326 g/mol. The van der Waals surface area contributed by atoms with Gasteiger partial charge in [-0.05, 0) is 37.9 Å². The minimum absolute atomic E-state index is 0.0507. The Balaban J connectivity index is 2.09. The third-order valence-corrected chi connectivity index (χ3v) is 4.33. The molecule has 1 atom stereocenters. The summed E-state index contributed by atoms with van der Waals surface area (Å²) in [6.07, 6.45) is 3.96. The van der Waals surface area contributed by atoms with Crippen LogP contribution in [0.3, 0.4) is 0 Å². The molecule has 0 spiro atoms. The minimum Gasteiger partial charge on any atom is -0.496 e. The molecule has 23 heavy (non-hydrogen) atoms. The van der Waals surface area contributed by atoms with Crippen molar-refractivity contribution < 1.29 is 18.3 Å². The van der Waals surface area contributed by atoms with Crippen LogP contribution in [0.4, 0.5) is 8.78 Å². The van der Waals surface area contributed by atoms with E-state index in [0.29, 0.717) is 18.8 Å².